The highest BCUT2D eigenvalue weighted by Gasteiger charge is 2.33. The molecule has 1 fully saturated rings. The molecule has 1 aromatic carbocycles. The van der Waals surface area contributed by atoms with Crippen molar-refractivity contribution in [2.45, 2.75) is 49.6 Å². The Balaban J connectivity index is 1.87. The van der Waals surface area contributed by atoms with Crippen LogP contribution in [-0.2, 0) is 9.53 Å². The second kappa shape index (κ2) is 7.30. The standard InChI is InChI=1S/C18H22N2O3S/c1-11-15(17(21)23-13-5-3-4-6-13)16(20-18(22)19-11)12-7-9-14(24-2)10-8-12/h7-10,13,16H,3-6H2,1-2H3,(H2,19,20,22). The van der Waals surface area contributed by atoms with Gasteiger partial charge < -0.3 is 15.4 Å². The SMILES string of the molecule is CSc1ccc(C2NC(=O)NC(C)=C2C(=O)OC2CCCC2)cc1. The van der Waals surface area contributed by atoms with Gasteiger partial charge in [0.05, 0.1) is 11.6 Å². The molecule has 0 aromatic heterocycles. The van der Waals surface area contributed by atoms with Crippen LogP contribution in [0.3, 0.4) is 0 Å². The summed E-state index contributed by atoms with van der Waals surface area (Å²) in [5.41, 5.74) is 1.92. The van der Waals surface area contributed by atoms with Crippen molar-refractivity contribution in [3.8, 4) is 0 Å². The van der Waals surface area contributed by atoms with Gasteiger partial charge in [0.15, 0.2) is 0 Å². The fourth-order valence-electron chi connectivity index (χ4n) is 3.23. The van der Waals surface area contributed by atoms with Crippen molar-refractivity contribution < 1.29 is 14.3 Å². The molecule has 1 saturated carbocycles. The summed E-state index contributed by atoms with van der Waals surface area (Å²) in [6, 6.07) is 7.08. The van der Waals surface area contributed by atoms with Crippen molar-refractivity contribution in [2.75, 3.05) is 6.26 Å². The Morgan fingerprint density at radius 3 is 2.50 bits per heavy atom. The van der Waals surface area contributed by atoms with Crippen LogP contribution in [0.15, 0.2) is 40.4 Å². The van der Waals surface area contributed by atoms with Gasteiger partial charge in [0, 0.05) is 10.6 Å². The van der Waals surface area contributed by atoms with Crippen LogP contribution in [0.25, 0.3) is 0 Å². The molecule has 0 radical (unpaired) electrons. The van der Waals surface area contributed by atoms with Crippen molar-refractivity contribution in [2.24, 2.45) is 0 Å². The van der Waals surface area contributed by atoms with E-state index >= 15 is 0 Å². The molecule has 24 heavy (non-hydrogen) atoms. The van der Waals surface area contributed by atoms with Crippen molar-refractivity contribution in [3.05, 3.63) is 41.1 Å². The maximum atomic E-state index is 12.7. The number of carbonyl (C=O) groups excluding carboxylic acids is 2. The summed E-state index contributed by atoms with van der Waals surface area (Å²) < 4.78 is 5.66. The minimum atomic E-state index is -0.483. The third-order valence-electron chi connectivity index (χ3n) is 4.51. The average Bonchev–Trinajstić information content (AvgIpc) is 3.07. The summed E-state index contributed by atoms with van der Waals surface area (Å²) in [7, 11) is 0. The molecular formula is C18H22N2O3S. The van der Waals surface area contributed by atoms with Crippen molar-refractivity contribution in [1.82, 2.24) is 10.6 Å². The summed E-state index contributed by atoms with van der Waals surface area (Å²) in [4.78, 5) is 25.7. The van der Waals surface area contributed by atoms with Gasteiger partial charge in [-0.1, -0.05) is 12.1 Å². The zero-order valence-electron chi connectivity index (χ0n) is 13.9. The number of thioether (sulfide) groups is 1. The van der Waals surface area contributed by atoms with Gasteiger partial charge in [-0.2, -0.15) is 0 Å². The largest absolute Gasteiger partial charge is 0.459 e. The molecule has 1 aliphatic carbocycles. The van der Waals surface area contributed by atoms with Gasteiger partial charge in [0.25, 0.3) is 0 Å². The second-order valence-electron chi connectivity index (χ2n) is 6.16. The fraction of sp³-hybridized carbons (Fsp3) is 0.444. The van der Waals surface area contributed by atoms with E-state index in [-0.39, 0.29) is 18.1 Å². The zero-order chi connectivity index (χ0) is 17.1. The molecule has 0 bridgehead atoms. The van der Waals surface area contributed by atoms with Crippen molar-refractivity contribution >= 4 is 23.8 Å². The Bertz CT molecular complexity index is 663. The monoisotopic (exact) mass is 346 g/mol. The minimum absolute atomic E-state index is 0.00468. The first-order chi connectivity index (χ1) is 11.6. The number of benzene rings is 1. The van der Waals surface area contributed by atoms with Crippen LogP contribution >= 0.6 is 11.8 Å². The Morgan fingerprint density at radius 2 is 1.88 bits per heavy atom. The zero-order valence-corrected chi connectivity index (χ0v) is 14.7. The van der Waals surface area contributed by atoms with E-state index in [1.807, 2.05) is 30.5 Å². The molecule has 2 amide bonds. The quantitative estimate of drug-likeness (QED) is 0.646. The number of ether oxygens (including phenoxy) is 1. The number of carbonyl (C=O) groups is 2. The number of nitrogens with one attached hydrogen (secondary N) is 2. The molecule has 0 spiro atoms. The lowest BCUT2D eigenvalue weighted by Gasteiger charge is -2.29. The smallest absolute Gasteiger partial charge is 0.338 e. The van der Waals surface area contributed by atoms with E-state index in [1.165, 1.54) is 0 Å². The highest BCUT2D eigenvalue weighted by Crippen LogP contribution is 2.30. The first-order valence-electron chi connectivity index (χ1n) is 8.21. The number of urea groups is 1. The number of hydrogen-bond acceptors (Lipinski definition) is 4. The molecular weight excluding hydrogens is 324 g/mol. The number of rotatable bonds is 4. The highest BCUT2D eigenvalue weighted by atomic mass is 32.2. The van der Waals surface area contributed by atoms with E-state index in [1.54, 1.807) is 18.7 Å². The van der Waals surface area contributed by atoms with E-state index in [0.717, 1.165) is 36.1 Å². The van der Waals surface area contributed by atoms with E-state index in [2.05, 4.69) is 10.6 Å². The first kappa shape index (κ1) is 16.9. The van der Waals surface area contributed by atoms with Gasteiger partial charge in [-0.25, -0.2) is 9.59 Å². The summed E-state index contributed by atoms with van der Waals surface area (Å²) in [5, 5.41) is 5.52. The van der Waals surface area contributed by atoms with Gasteiger partial charge in [0.2, 0.25) is 0 Å². The van der Waals surface area contributed by atoms with Crippen LogP contribution < -0.4 is 10.6 Å². The average molecular weight is 346 g/mol. The van der Waals surface area contributed by atoms with Crippen LogP contribution in [0.1, 0.15) is 44.2 Å². The fourth-order valence-corrected chi connectivity index (χ4v) is 3.64. The Labute approximate surface area is 146 Å². The number of allylic oxidation sites excluding steroid dienone is 1. The molecule has 1 atom stereocenters. The maximum Gasteiger partial charge on any atom is 0.338 e. The molecule has 128 valence electrons. The van der Waals surface area contributed by atoms with Gasteiger partial charge in [-0.3, -0.25) is 0 Å². The van der Waals surface area contributed by atoms with E-state index in [4.69, 9.17) is 4.74 Å². The molecule has 1 heterocycles. The lowest BCUT2D eigenvalue weighted by Crippen LogP contribution is -2.45. The molecule has 1 aliphatic heterocycles. The molecule has 2 N–H and O–H groups in total. The Hall–Kier alpha value is -1.95. The molecule has 3 rings (SSSR count). The number of amides is 2. The summed E-state index contributed by atoms with van der Waals surface area (Å²) in [6.45, 7) is 1.74. The van der Waals surface area contributed by atoms with Gasteiger partial charge in [0.1, 0.15) is 6.10 Å². The topological polar surface area (TPSA) is 67.4 Å². The van der Waals surface area contributed by atoms with Crippen molar-refractivity contribution in [1.29, 1.82) is 0 Å². The number of hydrogen-bond donors (Lipinski definition) is 2. The number of esters is 1. The highest BCUT2D eigenvalue weighted by molar-refractivity contribution is 7.98. The first-order valence-corrected chi connectivity index (χ1v) is 9.44. The Morgan fingerprint density at radius 1 is 1.21 bits per heavy atom. The van der Waals surface area contributed by atoms with Crippen LogP contribution in [-0.4, -0.2) is 24.4 Å². The lowest BCUT2D eigenvalue weighted by atomic mass is 9.95. The Kier molecular flexibility index (Phi) is 5.14. The van der Waals surface area contributed by atoms with Gasteiger partial charge in [-0.15, -0.1) is 11.8 Å². The predicted octanol–water partition coefficient (Wildman–Crippen LogP) is 3.52. The van der Waals surface area contributed by atoms with Gasteiger partial charge >= 0.3 is 12.0 Å². The third-order valence-corrected chi connectivity index (χ3v) is 5.26. The normalized spacial score (nSPS) is 21.4. The van der Waals surface area contributed by atoms with Crippen molar-refractivity contribution in [3.63, 3.8) is 0 Å². The summed E-state index contributed by atoms with van der Waals surface area (Å²) >= 11 is 1.65. The molecule has 5 nitrogen and oxygen atoms in total. The predicted molar refractivity (Wildman–Crippen MR) is 93.7 cm³/mol. The van der Waals surface area contributed by atoms with Crippen LogP contribution in [0, 0.1) is 0 Å². The summed E-state index contributed by atoms with van der Waals surface area (Å²) in [5.74, 6) is -0.342. The third kappa shape index (κ3) is 3.59. The minimum Gasteiger partial charge on any atom is -0.459 e. The molecule has 2 aliphatic rings. The maximum absolute atomic E-state index is 12.7. The van der Waals surface area contributed by atoms with Crippen LogP contribution in [0.5, 0.6) is 0 Å². The molecule has 6 heteroatoms. The van der Waals surface area contributed by atoms with Crippen LogP contribution in [0.4, 0.5) is 4.79 Å². The summed E-state index contributed by atoms with van der Waals surface area (Å²) in [6.07, 6.45) is 6.05. The van der Waals surface area contributed by atoms with Gasteiger partial charge in [-0.05, 0) is 56.6 Å². The van der Waals surface area contributed by atoms with E-state index in [9.17, 15) is 9.59 Å². The van der Waals surface area contributed by atoms with Crippen LogP contribution in [0.2, 0.25) is 0 Å². The van der Waals surface area contributed by atoms with E-state index < -0.39 is 6.04 Å². The molecule has 0 saturated heterocycles. The molecule has 1 unspecified atom stereocenters. The lowest BCUT2D eigenvalue weighted by molar-refractivity contribution is -0.144. The van der Waals surface area contributed by atoms with E-state index in [0.29, 0.717) is 11.3 Å². The molecule has 1 aromatic rings. The second-order valence-corrected chi connectivity index (χ2v) is 7.03.